The highest BCUT2D eigenvalue weighted by molar-refractivity contribution is 6.08. The Kier molecular flexibility index (Phi) is 2.64. The van der Waals surface area contributed by atoms with Crippen LogP contribution in [0, 0.1) is 11.8 Å². The van der Waals surface area contributed by atoms with E-state index in [9.17, 15) is 15.0 Å². The van der Waals surface area contributed by atoms with E-state index < -0.39 is 17.6 Å². The Bertz CT molecular complexity index is 454. The van der Waals surface area contributed by atoms with Crippen LogP contribution in [0.4, 0.5) is 0 Å². The van der Waals surface area contributed by atoms with Gasteiger partial charge in [0.25, 0.3) is 0 Å². The van der Waals surface area contributed by atoms with Crippen molar-refractivity contribution < 1.29 is 15.0 Å². The van der Waals surface area contributed by atoms with Crippen LogP contribution >= 0.6 is 0 Å². The summed E-state index contributed by atoms with van der Waals surface area (Å²) in [4.78, 5) is 12.2. The largest absolute Gasteiger partial charge is 0.388 e. The molecule has 3 heteroatoms. The zero-order valence-corrected chi connectivity index (χ0v) is 10.4. The van der Waals surface area contributed by atoms with E-state index in [4.69, 9.17) is 0 Å². The third-order valence-electron chi connectivity index (χ3n) is 3.95. The van der Waals surface area contributed by atoms with Gasteiger partial charge in [-0.25, -0.2) is 0 Å². The van der Waals surface area contributed by atoms with Crippen LogP contribution in [0.2, 0.25) is 0 Å². The summed E-state index contributed by atoms with van der Waals surface area (Å²) < 4.78 is 0. The molecule has 2 rings (SSSR count). The van der Waals surface area contributed by atoms with Gasteiger partial charge in [-0.3, -0.25) is 4.79 Å². The molecule has 0 aromatic rings. The lowest BCUT2D eigenvalue weighted by molar-refractivity contribution is -0.134. The van der Waals surface area contributed by atoms with E-state index in [0.717, 1.165) is 5.57 Å². The van der Waals surface area contributed by atoms with Crippen molar-refractivity contribution in [2.45, 2.75) is 32.5 Å². The fourth-order valence-corrected chi connectivity index (χ4v) is 2.92. The zero-order valence-electron chi connectivity index (χ0n) is 10.4. The van der Waals surface area contributed by atoms with Crippen molar-refractivity contribution in [2.75, 3.05) is 0 Å². The van der Waals surface area contributed by atoms with E-state index in [1.807, 2.05) is 13.8 Å². The Morgan fingerprint density at radius 2 is 2.12 bits per heavy atom. The Morgan fingerprint density at radius 1 is 1.53 bits per heavy atom. The van der Waals surface area contributed by atoms with Crippen LogP contribution in [0.15, 0.2) is 35.5 Å². The van der Waals surface area contributed by atoms with Gasteiger partial charge >= 0.3 is 0 Å². The van der Waals surface area contributed by atoms with Gasteiger partial charge < -0.3 is 10.2 Å². The summed E-state index contributed by atoms with van der Waals surface area (Å²) in [6.45, 7) is 8.89. The summed E-state index contributed by atoms with van der Waals surface area (Å²) in [6, 6.07) is 0. The van der Waals surface area contributed by atoms with Crippen LogP contribution in [0.25, 0.3) is 0 Å². The molecule has 0 heterocycles. The lowest BCUT2D eigenvalue weighted by atomic mass is 9.70. The summed E-state index contributed by atoms with van der Waals surface area (Å²) in [5.74, 6) is -0.827. The van der Waals surface area contributed by atoms with Crippen molar-refractivity contribution >= 4 is 5.78 Å². The van der Waals surface area contributed by atoms with Gasteiger partial charge in [0.15, 0.2) is 5.78 Å². The summed E-state index contributed by atoms with van der Waals surface area (Å²) in [7, 11) is 0. The van der Waals surface area contributed by atoms with E-state index in [2.05, 4.69) is 6.58 Å². The molecular weight excluding hydrogens is 216 g/mol. The van der Waals surface area contributed by atoms with E-state index in [0.29, 0.717) is 11.1 Å². The second-order valence-corrected chi connectivity index (χ2v) is 5.17. The number of aliphatic hydroxyl groups is 2. The zero-order chi connectivity index (χ0) is 13.0. The molecule has 4 atom stereocenters. The number of fused-ring (bicyclic) bond motifs is 1. The van der Waals surface area contributed by atoms with Crippen molar-refractivity contribution in [3.8, 4) is 0 Å². The molecule has 0 bridgehead atoms. The highest BCUT2D eigenvalue weighted by atomic mass is 16.3. The van der Waals surface area contributed by atoms with Crippen LogP contribution in [0.3, 0.4) is 0 Å². The SMILES string of the molecule is C=CC1C(C)=C2C(=CC(C)C2O)C(=O)[C@]1(C)O. The number of hydrogen-bond acceptors (Lipinski definition) is 3. The molecule has 0 aromatic heterocycles. The molecule has 2 aliphatic rings. The van der Waals surface area contributed by atoms with Crippen molar-refractivity contribution in [3.63, 3.8) is 0 Å². The number of carbonyl (C=O) groups excluding carboxylic acids is 1. The molecule has 17 heavy (non-hydrogen) atoms. The monoisotopic (exact) mass is 234 g/mol. The lowest BCUT2D eigenvalue weighted by Crippen LogP contribution is -2.47. The lowest BCUT2D eigenvalue weighted by Gasteiger charge is -2.37. The Balaban J connectivity index is 2.67. The molecular formula is C14H18O3. The number of Topliss-reactive ketones (excluding diaryl/α,β-unsaturated/α-hetero) is 1. The average molecular weight is 234 g/mol. The predicted molar refractivity (Wildman–Crippen MR) is 65.3 cm³/mol. The topological polar surface area (TPSA) is 57.5 Å². The molecule has 0 radical (unpaired) electrons. The van der Waals surface area contributed by atoms with Crippen LogP contribution in [-0.4, -0.2) is 27.7 Å². The maximum Gasteiger partial charge on any atom is 0.195 e. The Morgan fingerprint density at radius 3 is 2.65 bits per heavy atom. The number of aliphatic hydroxyl groups excluding tert-OH is 1. The molecule has 0 aliphatic heterocycles. The van der Waals surface area contributed by atoms with Gasteiger partial charge in [0.05, 0.1) is 6.10 Å². The normalized spacial score (nSPS) is 41.4. The molecule has 92 valence electrons. The number of rotatable bonds is 1. The minimum absolute atomic E-state index is 0.0849. The summed E-state index contributed by atoms with van der Waals surface area (Å²) in [5, 5.41) is 20.4. The molecule has 0 aromatic carbocycles. The van der Waals surface area contributed by atoms with Crippen LogP contribution in [0.5, 0.6) is 0 Å². The molecule has 3 unspecified atom stereocenters. The molecule has 0 spiro atoms. The molecule has 2 N–H and O–H groups in total. The first-order chi connectivity index (χ1) is 7.82. The minimum Gasteiger partial charge on any atom is -0.388 e. The average Bonchev–Trinajstić information content (AvgIpc) is 2.53. The fourth-order valence-electron chi connectivity index (χ4n) is 2.92. The van der Waals surface area contributed by atoms with Gasteiger partial charge in [0.1, 0.15) is 5.60 Å². The van der Waals surface area contributed by atoms with Crippen LogP contribution in [0.1, 0.15) is 20.8 Å². The number of carbonyl (C=O) groups is 1. The first-order valence-electron chi connectivity index (χ1n) is 5.83. The second kappa shape index (κ2) is 3.65. The van der Waals surface area contributed by atoms with Crippen molar-refractivity contribution in [1.29, 1.82) is 0 Å². The van der Waals surface area contributed by atoms with E-state index in [-0.39, 0.29) is 11.7 Å². The maximum atomic E-state index is 12.2. The quantitative estimate of drug-likeness (QED) is 0.674. The third kappa shape index (κ3) is 1.46. The van der Waals surface area contributed by atoms with Gasteiger partial charge in [-0.15, -0.1) is 6.58 Å². The first kappa shape index (κ1) is 12.3. The van der Waals surface area contributed by atoms with Crippen LogP contribution < -0.4 is 0 Å². The van der Waals surface area contributed by atoms with Gasteiger partial charge in [-0.2, -0.15) is 0 Å². The van der Waals surface area contributed by atoms with E-state index in [1.165, 1.54) is 6.92 Å². The molecule has 2 aliphatic carbocycles. The van der Waals surface area contributed by atoms with Gasteiger partial charge in [-0.1, -0.05) is 24.6 Å². The maximum absolute atomic E-state index is 12.2. The summed E-state index contributed by atoms with van der Waals surface area (Å²) >= 11 is 0. The molecule has 0 saturated heterocycles. The van der Waals surface area contributed by atoms with E-state index in [1.54, 1.807) is 12.2 Å². The van der Waals surface area contributed by atoms with Crippen molar-refractivity contribution in [2.24, 2.45) is 11.8 Å². The molecule has 3 nitrogen and oxygen atoms in total. The van der Waals surface area contributed by atoms with Crippen molar-refractivity contribution in [1.82, 2.24) is 0 Å². The molecule has 0 saturated carbocycles. The molecule has 0 fully saturated rings. The van der Waals surface area contributed by atoms with Crippen LogP contribution in [-0.2, 0) is 4.79 Å². The Hall–Kier alpha value is -1.19. The first-order valence-corrected chi connectivity index (χ1v) is 5.83. The highest BCUT2D eigenvalue weighted by Crippen LogP contribution is 2.44. The highest BCUT2D eigenvalue weighted by Gasteiger charge is 2.49. The summed E-state index contributed by atoms with van der Waals surface area (Å²) in [5.41, 5.74) is 0.544. The predicted octanol–water partition coefficient (Wildman–Crippen LogP) is 1.38. The van der Waals surface area contributed by atoms with Crippen molar-refractivity contribution in [3.05, 3.63) is 35.5 Å². The fraction of sp³-hybridized carbons (Fsp3) is 0.500. The number of hydrogen-bond donors (Lipinski definition) is 2. The third-order valence-corrected chi connectivity index (χ3v) is 3.95. The second-order valence-electron chi connectivity index (χ2n) is 5.17. The summed E-state index contributed by atoms with van der Waals surface area (Å²) in [6.07, 6.45) is 2.68. The van der Waals surface area contributed by atoms with Gasteiger partial charge in [-0.05, 0) is 19.4 Å². The minimum atomic E-state index is -1.45. The smallest absolute Gasteiger partial charge is 0.195 e. The number of ketones is 1. The molecule has 0 amide bonds. The van der Waals surface area contributed by atoms with Gasteiger partial charge in [0.2, 0.25) is 0 Å². The van der Waals surface area contributed by atoms with E-state index >= 15 is 0 Å². The Labute approximate surface area is 101 Å². The van der Waals surface area contributed by atoms with Gasteiger partial charge in [0, 0.05) is 17.4 Å². The standard InChI is InChI=1S/C14H18O3/c1-5-10-8(3)11-9(6-7(2)12(11)15)13(16)14(10,4)17/h5-7,10,12,15,17H,1H2,2-4H3/t7?,10?,12?,14-/m1/s1.